The minimum absolute atomic E-state index is 0.0322. The number of hydrogen-bond donors (Lipinski definition) is 2. The van der Waals surface area contributed by atoms with Crippen LogP contribution in [0.3, 0.4) is 0 Å². The zero-order chi connectivity index (χ0) is 23.8. The Kier molecular flexibility index (Phi) is 5.91. The van der Waals surface area contributed by atoms with Crippen molar-refractivity contribution in [3.63, 3.8) is 0 Å². The highest BCUT2D eigenvalue weighted by Crippen LogP contribution is 2.63. The van der Waals surface area contributed by atoms with Gasteiger partial charge in [-0.1, -0.05) is 24.3 Å². The topological polar surface area (TPSA) is 76.2 Å². The molecule has 1 aromatic heterocycles. The smallest absolute Gasteiger partial charge is 0.487 e. The molecule has 4 rings (SSSR count). The number of nitrogens with zero attached hydrogens (tertiary/aromatic N) is 1. The number of benzene rings is 2. The number of amides is 1. The highest BCUT2D eigenvalue weighted by atomic mass is 32.3. The van der Waals surface area contributed by atoms with Gasteiger partial charge in [0.2, 0.25) is 17.1 Å². The normalized spacial score (nSPS) is 16.7. The van der Waals surface area contributed by atoms with Crippen LogP contribution in [0.15, 0.2) is 53.6 Å². The maximum Gasteiger partial charge on any atom is 0.573 e. The largest absolute Gasteiger partial charge is 0.573 e. The second-order valence-corrected chi connectivity index (χ2v) is 8.31. The van der Waals surface area contributed by atoms with Crippen LogP contribution in [0.4, 0.5) is 30.6 Å². The molecule has 1 aliphatic rings. The lowest BCUT2D eigenvalue weighted by Crippen LogP contribution is -2.23. The zero-order valence-corrected chi connectivity index (χ0v) is 17.3. The molecule has 0 saturated heterocycles. The van der Waals surface area contributed by atoms with E-state index in [0.717, 1.165) is 18.2 Å². The summed E-state index contributed by atoms with van der Waals surface area (Å²) in [5, 5.41) is 9.03. The first-order chi connectivity index (χ1) is 15.5. The predicted octanol–water partition coefficient (Wildman–Crippen LogP) is 6.18. The molecule has 1 atom stereocenters. The summed E-state index contributed by atoms with van der Waals surface area (Å²) in [6.45, 7) is -0.597. The van der Waals surface area contributed by atoms with Gasteiger partial charge >= 0.3 is 6.36 Å². The van der Waals surface area contributed by atoms with E-state index in [1.165, 1.54) is 30.5 Å². The molecule has 3 aromatic rings. The first kappa shape index (κ1) is 22.8. The van der Waals surface area contributed by atoms with Crippen molar-refractivity contribution in [1.29, 1.82) is 0 Å². The quantitative estimate of drug-likeness (QED) is 0.404. The molecule has 6 nitrogen and oxygen atoms in total. The van der Waals surface area contributed by atoms with Gasteiger partial charge in [-0.25, -0.2) is 0 Å². The van der Waals surface area contributed by atoms with Crippen LogP contribution in [-0.4, -0.2) is 22.5 Å². The second kappa shape index (κ2) is 8.54. The van der Waals surface area contributed by atoms with E-state index in [-0.39, 0.29) is 17.9 Å². The number of para-hydroxylation sites is 1. The number of carbonyl (C=O) groups excluding carboxylic acids is 1. The molecule has 1 unspecified atom stereocenters. The summed E-state index contributed by atoms with van der Waals surface area (Å²) in [6, 6.07) is 8.31. The Hall–Kier alpha value is -3.35. The molecule has 0 spiro atoms. The molecule has 0 radical (unpaired) electrons. The van der Waals surface area contributed by atoms with Crippen molar-refractivity contribution >= 4 is 22.9 Å². The monoisotopic (exact) mass is 491 g/mol. The Morgan fingerprint density at radius 1 is 1.09 bits per heavy atom. The summed E-state index contributed by atoms with van der Waals surface area (Å²) in [7, 11) is 0. The Morgan fingerprint density at radius 3 is 2.58 bits per heavy atom. The molecule has 1 amide bonds. The van der Waals surface area contributed by atoms with Gasteiger partial charge in [0, 0.05) is 23.5 Å². The van der Waals surface area contributed by atoms with Crippen molar-refractivity contribution in [3.8, 4) is 11.5 Å². The van der Waals surface area contributed by atoms with Crippen molar-refractivity contribution in [3.05, 3.63) is 65.4 Å². The van der Waals surface area contributed by atoms with Crippen molar-refractivity contribution in [1.82, 2.24) is 10.2 Å². The molecular weight excluding hydrogens is 476 g/mol. The first-order valence-electron chi connectivity index (χ1n) is 9.37. The van der Waals surface area contributed by atoms with E-state index in [2.05, 4.69) is 20.3 Å². The molecule has 0 aliphatic carbocycles. The summed E-state index contributed by atoms with van der Waals surface area (Å²) in [5.74, 6) is -1.73. The summed E-state index contributed by atoms with van der Waals surface area (Å²) >= 11 is -5.61. The van der Waals surface area contributed by atoms with Crippen LogP contribution < -0.4 is 14.8 Å². The second-order valence-electron chi connectivity index (χ2n) is 7.06. The van der Waals surface area contributed by atoms with Gasteiger partial charge < -0.3 is 14.8 Å². The third kappa shape index (κ3) is 5.18. The molecule has 2 aromatic carbocycles. The summed E-state index contributed by atoms with van der Waals surface area (Å²) < 4.78 is 88.2. The number of H-pyrrole nitrogens is 1. The van der Waals surface area contributed by atoms with Crippen LogP contribution in [0.2, 0.25) is 0 Å². The molecule has 0 fully saturated rings. The van der Waals surface area contributed by atoms with E-state index >= 15 is 0 Å². The molecule has 13 heteroatoms. The number of halogens is 6. The van der Waals surface area contributed by atoms with Gasteiger partial charge in [-0.2, -0.15) is 5.10 Å². The van der Waals surface area contributed by atoms with Crippen molar-refractivity contribution in [2.24, 2.45) is 0 Å². The van der Waals surface area contributed by atoms with Crippen LogP contribution in [0.5, 0.6) is 11.5 Å². The Balaban J connectivity index is 1.66. The Morgan fingerprint density at radius 2 is 1.85 bits per heavy atom. The average molecular weight is 491 g/mol. The highest BCUT2D eigenvalue weighted by Gasteiger charge is 2.34. The standard InChI is InChI=1S/C20H15F6N3O3S/c21-20(22,23)32-16-7-11(13-8-18(30)28-19-14(13)9-27-29-19)5-6-12(16)10-31-15-3-1-2-4-17(15)33(24,25)26/h1-7,9,13H,8,10H2,(H2,27,28,29,30). The van der Waals surface area contributed by atoms with Crippen molar-refractivity contribution in [2.75, 3.05) is 5.32 Å². The lowest BCUT2D eigenvalue weighted by Gasteiger charge is -2.24. The number of rotatable bonds is 6. The zero-order valence-electron chi connectivity index (χ0n) is 16.5. The maximum absolute atomic E-state index is 13.3. The van der Waals surface area contributed by atoms with E-state index in [4.69, 9.17) is 4.74 Å². The molecule has 176 valence electrons. The van der Waals surface area contributed by atoms with E-state index in [1.54, 1.807) is 0 Å². The lowest BCUT2D eigenvalue weighted by atomic mass is 9.87. The number of carbonyl (C=O) groups is 1. The third-order valence-corrected chi connectivity index (χ3v) is 5.73. The van der Waals surface area contributed by atoms with E-state index in [1.807, 2.05) is 0 Å². The number of ether oxygens (including phenoxy) is 2. The van der Waals surface area contributed by atoms with E-state index < -0.39 is 46.5 Å². The van der Waals surface area contributed by atoms with E-state index in [9.17, 15) is 29.6 Å². The molecule has 2 heterocycles. The minimum Gasteiger partial charge on any atom is -0.487 e. The molecule has 2 N–H and O–H groups in total. The fraction of sp³-hybridized carbons (Fsp3) is 0.200. The number of alkyl halides is 3. The van der Waals surface area contributed by atoms with Crippen LogP contribution in [-0.2, 0) is 11.4 Å². The summed E-state index contributed by atoms with van der Waals surface area (Å²) in [6.07, 6.45) is -3.63. The lowest BCUT2D eigenvalue weighted by molar-refractivity contribution is -0.275. The Labute approximate surface area is 185 Å². The van der Waals surface area contributed by atoms with Gasteiger partial charge in [-0.05, 0) is 23.8 Å². The summed E-state index contributed by atoms with van der Waals surface area (Å²) in [4.78, 5) is 11.0. The number of nitrogens with one attached hydrogen (secondary N) is 2. The first-order valence-corrected chi connectivity index (χ1v) is 10.7. The van der Waals surface area contributed by atoms with Crippen LogP contribution in [0.1, 0.15) is 29.0 Å². The third-order valence-electron chi connectivity index (χ3n) is 4.90. The highest BCUT2D eigenvalue weighted by molar-refractivity contribution is 8.21. The number of anilines is 1. The van der Waals surface area contributed by atoms with Gasteiger partial charge in [0.25, 0.3) is 0 Å². The summed E-state index contributed by atoms with van der Waals surface area (Å²) in [5.41, 5.74) is 0.810. The van der Waals surface area contributed by atoms with Gasteiger partial charge in [-0.15, -0.1) is 24.8 Å². The average Bonchev–Trinajstić information content (AvgIpc) is 3.19. The number of aromatic amines is 1. The van der Waals surface area contributed by atoms with Gasteiger partial charge in [0.15, 0.2) is 0 Å². The van der Waals surface area contributed by atoms with Gasteiger partial charge in [0.05, 0.1) is 6.20 Å². The van der Waals surface area contributed by atoms with E-state index in [0.29, 0.717) is 16.9 Å². The van der Waals surface area contributed by atoms with Crippen LogP contribution in [0, 0.1) is 0 Å². The minimum atomic E-state index is -5.61. The number of hydrogen-bond acceptors (Lipinski definition) is 4. The van der Waals surface area contributed by atoms with Crippen molar-refractivity contribution < 1.29 is 39.1 Å². The van der Waals surface area contributed by atoms with Gasteiger partial charge in [-0.3, -0.25) is 9.89 Å². The van der Waals surface area contributed by atoms with Crippen LogP contribution in [0.25, 0.3) is 0 Å². The molecular formula is C20H15F6N3O3S. The molecule has 0 bridgehead atoms. The Bertz CT molecular complexity index is 1180. The fourth-order valence-electron chi connectivity index (χ4n) is 3.49. The number of fused-ring (bicyclic) bond motifs is 1. The predicted molar refractivity (Wildman–Crippen MR) is 107 cm³/mol. The van der Waals surface area contributed by atoms with Gasteiger partial charge in [0.1, 0.15) is 28.8 Å². The van der Waals surface area contributed by atoms with Crippen LogP contribution >= 0.6 is 11.2 Å². The number of aromatic nitrogens is 2. The SMILES string of the molecule is O=C1CC(c2ccc(COc3ccccc3S(F)(F)F)c(OC(F)(F)F)c2)c2cn[nH]c2N1. The maximum atomic E-state index is 13.3. The molecule has 0 saturated carbocycles. The van der Waals surface area contributed by atoms with Crippen molar-refractivity contribution in [2.45, 2.75) is 30.2 Å². The molecule has 33 heavy (non-hydrogen) atoms. The fourth-order valence-corrected chi connectivity index (χ4v) is 4.07. The molecule has 1 aliphatic heterocycles.